The van der Waals surface area contributed by atoms with Crippen molar-refractivity contribution in [1.29, 1.82) is 0 Å². The summed E-state index contributed by atoms with van der Waals surface area (Å²) in [7, 11) is 1.64. The van der Waals surface area contributed by atoms with Gasteiger partial charge < -0.3 is 4.74 Å². The molecular weight excluding hydrogens is 442 g/mol. The Balaban J connectivity index is 1.21. The number of nitrogens with zero attached hydrogens (tertiary/aromatic N) is 3. The summed E-state index contributed by atoms with van der Waals surface area (Å²) in [6.07, 6.45) is 8.89. The second-order valence-corrected chi connectivity index (χ2v) is 9.46. The fraction of sp³-hybridized carbons (Fsp3) is 0.292. The maximum atomic E-state index is 12.6. The third kappa shape index (κ3) is 5.37. The summed E-state index contributed by atoms with van der Waals surface area (Å²) in [6, 6.07) is 14.0. The van der Waals surface area contributed by atoms with Gasteiger partial charge >= 0.3 is 0 Å². The number of amides is 2. The number of benzene rings is 1. The average molecular weight is 468 g/mol. The topological polar surface area (TPSA) is 63.9 Å². The minimum absolute atomic E-state index is 0.162. The first-order valence-corrected chi connectivity index (χ1v) is 12.4. The first-order chi connectivity index (χ1) is 15.7. The molecule has 1 saturated heterocycles. The second-order valence-electron chi connectivity index (χ2n) is 7.35. The van der Waals surface area contributed by atoms with Gasteiger partial charge in [0.15, 0.2) is 0 Å². The highest BCUT2D eigenvalue weighted by Gasteiger charge is 2.34. The van der Waals surface area contributed by atoms with E-state index in [4.69, 9.17) is 4.74 Å². The Morgan fingerprint density at radius 1 is 1.12 bits per heavy atom. The number of aromatic nitrogens is 2. The van der Waals surface area contributed by atoms with E-state index in [1.165, 1.54) is 10.5 Å². The van der Waals surface area contributed by atoms with Crippen LogP contribution >= 0.6 is 23.5 Å². The molecule has 166 valence electrons. The third-order valence-electron chi connectivity index (χ3n) is 5.21. The van der Waals surface area contributed by atoms with Gasteiger partial charge in [-0.2, -0.15) is 0 Å². The summed E-state index contributed by atoms with van der Waals surface area (Å²) in [5.41, 5.74) is 2.11. The molecule has 0 bridgehead atoms. The zero-order chi connectivity index (χ0) is 22.3. The van der Waals surface area contributed by atoms with E-state index in [-0.39, 0.29) is 11.1 Å². The Bertz CT molecular complexity index is 1120. The number of carbonyl (C=O) groups excluding carboxylic acids is 2. The van der Waals surface area contributed by atoms with E-state index in [1.807, 2.05) is 48.7 Å². The number of imide groups is 1. The third-order valence-corrected chi connectivity index (χ3v) is 7.29. The summed E-state index contributed by atoms with van der Waals surface area (Å²) in [5.74, 6) is 1.59. The van der Waals surface area contributed by atoms with Crippen molar-refractivity contribution in [3.8, 4) is 5.75 Å². The number of fused-ring (bicyclic) bond motifs is 1. The number of hydrogen-bond donors (Lipinski definition) is 0. The number of imidazole rings is 1. The average Bonchev–Trinajstić information content (AvgIpc) is 3.39. The molecule has 1 aliphatic heterocycles. The first kappa shape index (κ1) is 22.5. The fourth-order valence-electron chi connectivity index (χ4n) is 3.48. The summed E-state index contributed by atoms with van der Waals surface area (Å²) in [6.45, 7) is 0.469. The number of methoxy groups -OCH3 is 1. The van der Waals surface area contributed by atoms with Crippen molar-refractivity contribution in [1.82, 2.24) is 14.3 Å². The van der Waals surface area contributed by atoms with E-state index in [1.54, 1.807) is 25.1 Å². The Morgan fingerprint density at radius 2 is 1.97 bits per heavy atom. The zero-order valence-corrected chi connectivity index (χ0v) is 19.5. The summed E-state index contributed by atoms with van der Waals surface area (Å²) in [4.78, 5) is 31.2. The van der Waals surface area contributed by atoms with Crippen LogP contribution in [0.4, 0.5) is 4.79 Å². The minimum atomic E-state index is -0.165. The van der Waals surface area contributed by atoms with Gasteiger partial charge in [-0.15, -0.1) is 11.8 Å². The highest BCUT2D eigenvalue weighted by Crippen LogP contribution is 2.31. The summed E-state index contributed by atoms with van der Waals surface area (Å²) < 4.78 is 7.24. The molecule has 3 aromatic rings. The fourth-order valence-corrected chi connectivity index (χ4v) is 5.38. The van der Waals surface area contributed by atoms with Crippen molar-refractivity contribution in [2.24, 2.45) is 0 Å². The number of allylic oxidation sites excluding steroid dienone is 1. The van der Waals surface area contributed by atoms with Crippen LogP contribution in [-0.4, -0.2) is 44.8 Å². The van der Waals surface area contributed by atoms with E-state index < -0.39 is 0 Å². The standard InChI is InChI=1S/C24H25N3O3S2/c1-30-19-12-10-18(11-13-19)6-4-7-20-23(28)27(24(29)32-20)15-2-3-17-31-22-9-5-8-21-25-14-16-26(21)22/h5,7-14,16H,2-4,6,15,17H2,1H3/b20-7+. The Hall–Kier alpha value is -2.71. The van der Waals surface area contributed by atoms with Crippen molar-refractivity contribution in [3.05, 3.63) is 71.4 Å². The van der Waals surface area contributed by atoms with E-state index in [9.17, 15) is 9.59 Å². The van der Waals surface area contributed by atoms with Gasteiger partial charge in [-0.05, 0) is 73.0 Å². The number of unbranched alkanes of at least 4 members (excludes halogenated alkanes) is 1. The molecule has 1 fully saturated rings. The van der Waals surface area contributed by atoms with Crippen LogP contribution in [0.25, 0.3) is 5.65 Å². The Labute approximate surface area is 196 Å². The normalized spacial score (nSPS) is 15.3. The van der Waals surface area contributed by atoms with Crippen LogP contribution in [0.15, 0.2) is 70.9 Å². The number of aryl methyl sites for hydroxylation is 1. The minimum Gasteiger partial charge on any atom is -0.497 e. The quantitative estimate of drug-likeness (QED) is 0.225. The van der Waals surface area contributed by atoms with Gasteiger partial charge in [-0.1, -0.05) is 24.3 Å². The van der Waals surface area contributed by atoms with Crippen LogP contribution in [0.2, 0.25) is 0 Å². The lowest BCUT2D eigenvalue weighted by Gasteiger charge is -2.12. The number of carbonyl (C=O) groups is 2. The maximum absolute atomic E-state index is 12.6. The SMILES string of the molecule is COc1ccc(CC/C=C2/SC(=O)N(CCCCSc3cccc4nccn34)C2=O)cc1. The molecule has 1 aromatic carbocycles. The lowest BCUT2D eigenvalue weighted by molar-refractivity contribution is -0.122. The molecule has 0 atom stereocenters. The van der Waals surface area contributed by atoms with Gasteiger partial charge in [0.1, 0.15) is 11.4 Å². The van der Waals surface area contributed by atoms with Crippen molar-refractivity contribution in [2.45, 2.75) is 30.7 Å². The lowest BCUT2D eigenvalue weighted by atomic mass is 10.1. The van der Waals surface area contributed by atoms with E-state index >= 15 is 0 Å². The Morgan fingerprint density at radius 3 is 2.78 bits per heavy atom. The number of hydrogen-bond acceptors (Lipinski definition) is 6. The predicted molar refractivity (Wildman–Crippen MR) is 129 cm³/mol. The van der Waals surface area contributed by atoms with Crippen LogP contribution < -0.4 is 4.74 Å². The van der Waals surface area contributed by atoms with E-state index in [2.05, 4.69) is 15.5 Å². The molecule has 0 spiro atoms. The predicted octanol–water partition coefficient (Wildman–Crippen LogP) is 5.43. The number of ether oxygens (including phenoxy) is 1. The van der Waals surface area contributed by atoms with Crippen LogP contribution in [0.3, 0.4) is 0 Å². The smallest absolute Gasteiger partial charge is 0.293 e. The van der Waals surface area contributed by atoms with Crippen LogP contribution in [-0.2, 0) is 11.2 Å². The van der Waals surface area contributed by atoms with E-state index in [0.717, 1.165) is 59.6 Å². The highest BCUT2D eigenvalue weighted by molar-refractivity contribution is 8.18. The molecule has 0 N–H and O–H groups in total. The van der Waals surface area contributed by atoms with Crippen LogP contribution in [0.1, 0.15) is 24.8 Å². The zero-order valence-electron chi connectivity index (χ0n) is 17.9. The number of rotatable bonds is 10. The molecule has 32 heavy (non-hydrogen) atoms. The highest BCUT2D eigenvalue weighted by atomic mass is 32.2. The molecule has 6 nitrogen and oxygen atoms in total. The Kier molecular flexibility index (Phi) is 7.55. The molecule has 2 amide bonds. The van der Waals surface area contributed by atoms with Crippen molar-refractivity contribution in [3.63, 3.8) is 0 Å². The van der Waals surface area contributed by atoms with Gasteiger partial charge in [0.05, 0.1) is 17.0 Å². The van der Waals surface area contributed by atoms with Gasteiger partial charge in [-0.25, -0.2) is 4.98 Å². The van der Waals surface area contributed by atoms with Crippen molar-refractivity contribution >= 4 is 40.3 Å². The van der Waals surface area contributed by atoms with E-state index in [0.29, 0.717) is 11.4 Å². The second kappa shape index (κ2) is 10.7. The molecule has 4 rings (SSSR count). The van der Waals surface area contributed by atoms with Crippen LogP contribution in [0.5, 0.6) is 5.75 Å². The monoisotopic (exact) mass is 467 g/mol. The number of pyridine rings is 1. The maximum Gasteiger partial charge on any atom is 0.293 e. The lowest BCUT2D eigenvalue weighted by Crippen LogP contribution is -2.29. The molecule has 0 unspecified atom stereocenters. The van der Waals surface area contributed by atoms with Crippen molar-refractivity contribution in [2.75, 3.05) is 19.4 Å². The molecule has 0 saturated carbocycles. The van der Waals surface area contributed by atoms with Gasteiger partial charge in [0, 0.05) is 18.9 Å². The van der Waals surface area contributed by atoms with Gasteiger partial charge in [-0.3, -0.25) is 18.9 Å². The van der Waals surface area contributed by atoms with Crippen molar-refractivity contribution < 1.29 is 14.3 Å². The molecule has 1 aliphatic rings. The molecule has 2 aromatic heterocycles. The largest absolute Gasteiger partial charge is 0.497 e. The molecular formula is C24H25N3O3S2. The summed E-state index contributed by atoms with van der Waals surface area (Å²) >= 11 is 2.81. The molecule has 0 radical (unpaired) electrons. The van der Waals surface area contributed by atoms with Gasteiger partial charge in [0.2, 0.25) is 0 Å². The van der Waals surface area contributed by atoms with Crippen LogP contribution in [0, 0.1) is 0 Å². The molecule has 0 aliphatic carbocycles. The summed E-state index contributed by atoms with van der Waals surface area (Å²) in [5, 5.41) is 0.979. The number of thioether (sulfide) groups is 2. The first-order valence-electron chi connectivity index (χ1n) is 10.6. The van der Waals surface area contributed by atoms with Gasteiger partial charge in [0.25, 0.3) is 11.1 Å². The molecule has 8 heteroatoms. The molecule has 3 heterocycles.